The van der Waals surface area contributed by atoms with E-state index in [9.17, 15) is 16.8 Å². The van der Waals surface area contributed by atoms with Gasteiger partial charge in [0.05, 0.1) is 10.6 Å². The van der Waals surface area contributed by atoms with E-state index < -0.39 is 20.0 Å². The van der Waals surface area contributed by atoms with Gasteiger partial charge in [0.2, 0.25) is 10.0 Å². The number of rotatable bonds is 4. The lowest BCUT2D eigenvalue weighted by molar-refractivity contribution is 0.587. The Morgan fingerprint density at radius 2 is 1.80 bits per heavy atom. The number of hydrogen-bond acceptors (Lipinski definition) is 4. The Kier molecular flexibility index (Phi) is 4.69. The van der Waals surface area contributed by atoms with Crippen molar-refractivity contribution in [3.8, 4) is 0 Å². The van der Waals surface area contributed by atoms with Crippen molar-refractivity contribution >= 4 is 41.7 Å². The predicted octanol–water partition coefficient (Wildman–Crippen LogP) is 2.42. The molecule has 3 rings (SSSR count). The monoisotopic (exact) mass is 444 g/mol. The van der Waals surface area contributed by atoms with E-state index in [-0.39, 0.29) is 16.3 Å². The fourth-order valence-corrected chi connectivity index (χ4v) is 6.26. The number of sulfonamides is 2. The normalized spacial score (nSPS) is 14.6. The summed E-state index contributed by atoms with van der Waals surface area (Å²) in [7, 11) is -5.95. The van der Waals surface area contributed by atoms with Crippen LogP contribution in [0.25, 0.3) is 0 Å². The van der Waals surface area contributed by atoms with Crippen LogP contribution in [-0.2, 0) is 26.5 Å². The molecule has 0 saturated carbocycles. The standard InChI is InChI=1S/C16H17BrN2O4S2/c1-11-3-6-16(14(17)9-11)25(22,23)19-8-7-12-10-13(4-5-15(12)19)24(20,21)18-2/h3-6,9-10,18H,7-8H2,1-2H3. The summed E-state index contributed by atoms with van der Waals surface area (Å²) in [5.74, 6) is 0. The summed E-state index contributed by atoms with van der Waals surface area (Å²) in [6.07, 6.45) is 0.463. The molecule has 0 amide bonds. The highest BCUT2D eigenvalue weighted by Crippen LogP contribution is 2.36. The topological polar surface area (TPSA) is 83.6 Å². The SMILES string of the molecule is CNS(=O)(=O)c1ccc2c(c1)CCN2S(=O)(=O)c1ccc(C)cc1Br. The van der Waals surface area contributed by atoms with Crippen LogP contribution in [0.5, 0.6) is 0 Å². The van der Waals surface area contributed by atoms with Crippen LogP contribution in [-0.4, -0.2) is 30.4 Å². The highest BCUT2D eigenvalue weighted by molar-refractivity contribution is 9.10. The average molecular weight is 445 g/mol. The molecule has 1 aliphatic heterocycles. The number of halogens is 1. The molecule has 0 atom stereocenters. The van der Waals surface area contributed by atoms with Gasteiger partial charge >= 0.3 is 0 Å². The smallest absolute Gasteiger partial charge is 0.265 e. The van der Waals surface area contributed by atoms with Crippen molar-refractivity contribution in [3.63, 3.8) is 0 Å². The van der Waals surface area contributed by atoms with Crippen molar-refractivity contribution in [2.75, 3.05) is 17.9 Å². The molecule has 0 aromatic heterocycles. The third kappa shape index (κ3) is 3.21. The van der Waals surface area contributed by atoms with Crippen molar-refractivity contribution in [1.82, 2.24) is 4.72 Å². The first kappa shape index (κ1) is 18.4. The molecule has 134 valence electrons. The van der Waals surface area contributed by atoms with Gasteiger partial charge in [-0.3, -0.25) is 4.31 Å². The Morgan fingerprint density at radius 1 is 1.08 bits per heavy atom. The Labute approximate surface area is 156 Å². The maximum Gasteiger partial charge on any atom is 0.265 e. The summed E-state index contributed by atoms with van der Waals surface area (Å²) in [4.78, 5) is 0.322. The van der Waals surface area contributed by atoms with E-state index in [4.69, 9.17) is 0 Å². The minimum absolute atomic E-state index is 0.129. The molecule has 0 saturated heterocycles. The molecule has 2 aromatic carbocycles. The molecule has 1 heterocycles. The summed E-state index contributed by atoms with van der Waals surface area (Å²) >= 11 is 3.32. The molecular formula is C16H17BrN2O4S2. The summed E-state index contributed by atoms with van der Waals surface area (Å²) in [5.41, 5.74) is 2.17. The van der Waals surface area contributed by atoms with Crippen LogP contribution in [0.1, 0.15) is 11.1 Å². The molecule has 2 aromatic rings. The first-order valence-electron chi connectivity index (χ1n) is 7.52. The van der Waals surface area contributed by atoms with Crippen molar-refractivity contribution in [3.05, 3.63) is 52.0 Å². The van der Waals surface area contributed by atoms with E-state index in [1.165, 1.54) is 23.5 Å². The molecule has 9 heteroatoms. The molecular weight excluding hydrogens is 428 g/mol. The first-order chi connectivity index (χ1) is 11.7. The summed E-state index contributed by atoms with van der Waals surface area (Å²) in [5, 5.41) is 0. The van der Waals surface area contributed by atoms with E-state index in [0.717, 1.165) is 5.56 Å². The van der Waals surface area contributed by atoms with Gasteiger partial charge < -0.3 is 0 Å². The molecule has 1 aliphatic rings. The molecule has 25 heavy (non-hydrogen) atoms. The highest BCUT2D eigenvalue weighted by atomic mass is 79.9. The van der Waals surface area contributed by atoms with Crippen LogP contribution >= 0.6 is 15.9 Å². The third-order valence-electron chi connectivity index (χ3n) is 4.14. The fraction of sp³-hybridized carbons (Fsp3) is 0.250. The van der Waals surface area contributed by atoms with Crippen LogP contribution < -0.4 is 9.03 Å². The second-order valence-corrected chi connectivity index (χ2v) is 10.3. The van der Waals surface area contributed by atoms with Crippen LogP contribution in [0.4, 0.5) is 5.69 Å². The Balaban J connectivity index is 2.06. The van der Waals surface area contributed by atoms with Crippen LogP contribution in [0.15, 0.2) is 50.7 Å². The average Bonchev–Trinajstić information content (AvgIpc) is 2.98. The van der Waals surface area contributed by atoms with Gasteiger partial charge in [0, 0.05) is 11.0 Å². The molecule has 6 nitrogen and oxygen atoms in total. The van der Waals surface area contributed by atoms with Crippen LogP contribution in [0.2, 0.25) is 0 Å². The first-order valence-corrected chi connectivity index (χ1v) is 11.2. The maximum absolute atomic E-state index is 13.0. The molecule has 0 aliphatic carbocycles. The second kappa shape index (κ2) is 6.39. The molecule has 1 N–H and O–H groups in total. The molecule has 0 radical (unpaired) electrons. The molecule has 0 spiro atoms. The summed E-state index contributed by atoms with van der Waals surface area (Å²) in [6, 6.07) is 9.58. The lowest BCUT2D eigenvalue weighted by Gasteiger charge is -2.20. The van der Waals surface area contributed by atoms with E-state index in [2.05, 4.69) is 20.7 Å². The Morgan fingerprint density at radius 3 is 2.44 bits per heavy atom. The minimum Gasteiger partial charge on any atom is -0.266 e. The Bertz CT molecular complexity index is 1050. The van der Waals surface area contributed by atoms with Gasteiger partial charge in [0.25, 0.3) is 10.0 Å². The number of nitrogens with zero attached hydrogens (tertiary/aromatic N) is 1. The number of nitrogens with one attached hydrogen (secondary N) is 1. The quantitative estimate of drug-likeness (QED) is 0.784. The van der Waals surface area contributed by atoms with E-state index in [1.54, 1.807) is 24.3 Å². The van der Waals surface area contributed by atoms with Crippen molar-refractivity contribution in [2.45, 2.75) is 23.1 Å². The number of fused-ring (bicyclic) bond motifs is 1. The van der Waals surface area contributed by atoms with Gasteiger partial charge in [0.1, 0.15) is 4.90 Å². The van der Waals surface area contributed by atoms with Crippen LogP contribution in [0, 0.1) is 6.92 Å². The molecule has 0 bridgehead atoms. The highest BCUT2D eigenvalue weighted by Gasteiger charge is 2.32. The van der Waals surface area contributed by atoms with E-state index in [0.29, 0.717) is 22.1 Å². The second-order valence-electron chi connectivity index (χ2n) is 5.76. The summed E-state index contributed by atoms with van der Waals surface area (Å²) < 4.78 is 54.0. The predicted molar refractivity (Wildman–Crippen MR) is 99.8 cm³/mol. The van der Waals surface area contributed by atoms with Gasteiger partial charge in [-0.25, -0.2) is 21.6 Å². The number of aryl methyl sites for hydroxylation is 1. The van der Waals surface area contributed by atoms with E-state index in [1.807, 2.05) is 6.92 Å². The van der Waals surface area contributed by atoms with Gasteiger partial charge in [0.15, 0.2) is 0 Å². The van der Waals surface area contributed by atoms with Gasteiger partial charge in [-0.15, -0.1) is 0 Å². The van der Waals surface area contributed by atoms with Crippen molar-refractivity contribution < 1.29 is 16.8 Å². The Hall–Kier alpha value is -1.42. The van der Waals surface area contributed by atoms with Crippen molar-refractivity contribution in [1.29, 1.82) is 0 Å². The lowest BCUT2D eigenvalue weighted by atomic mass is 10.2. The third-order valence-corrected chi connectivity index (χ3v) is 8.34. The number of benzene rings is 2. The molecule has 0 unspecified atom stereocenters. The van der Waals surface area contributed by atoms with E-state index >= 15 is 0 Å². The zero-order chi connectivity index (χ0) is 18.4. The van der Waals surface area contributed by atoms with Gasteiger partial charge in [-0.05, 0) is 77.8 Å². The van der Waals surface area contributed by atoms with Crippen LogP contribution in [0.3, 0.4) is 0 Å². The van der Waals surface area contributed by atoms with Crippen molar-refractivity contribution in [2.24, 2.45) is 0 Å². The van der Waals surface area contributed by atoms with Gasteiger partial charge in [-0.2, -0.15) is 0 Å². The zero-order valence-electron chi connectivity index (χ0n) is 13.7. The number of hydrogen-bond donors (Lipinski definition) is 1. The lowest BCUT2D eigenvalue weighted by Crippen LogP contribution is -2.29. The largest absolute Gasteiger partial charge is 0.266 e. The number of anilines is 1. The van der Waals surface area contributed by atoms with Gasteiger partial charge in [-0.1, -0.05) is 6.07 Å². The minimum atomic E-state index is -3.73. The molecule has 0 fully saturated rings. The fourth-order valence-electron chi connectivity index (χ4n) is 2.82. The maximum atomic E-state index is 13.0. The summed E-state index contributed by atoms with van der Waals surface area (Å²) in [6.45, 7) is 2.16. The zero-order valence-corrected chi connectivity index (χ0v) is 16.9.